The molecule has 0 saturated carbocycles. The Kier molecular flexibility index (Phi) is 12.3. The van der Waals surface area contributed by atoms with Crippen molar-refractivity contribution < 1.29 is 19.1 Å². The monoisotopic (exact) mass is 536 g/mol. The average molecular weight is 537 g/mol. The number of fused-ring (bicyclic) bond motifs is 1. The van der Waals surface area contributed by atoms with Gasteiger partial charge in [0.25, 0.3) is 0 Å². The van der Waals surface area contributed by atoms with Gasteiger partial charge in [0, 0.05) is 19.5 Å². The minimum atomic E-state index is -0.759. The molecule has 4 N–H and O–H groups in total. The number of carbonyl (C=O) groups excluding carboxylic acids is 3. The molecule has 39 heavy (non-hydrogen) atoms. The SMILES string of the molecule is CCC[C@@H]1NCCOc2ccccc2CCCNC(=O)[C@@H](Cc2ccccc2)NC(=O)[C@@H](CC(C)C)NC1=O. The van der Waals surface area contributed by atoms with Gasteiger partial charge < -0.3 is 26.0 Å². The summed E-state index contributed by atoms with van der Waals surface area (Å²) in [6.45, 7) is 7.44. The number of hydrogen-bond acceptors (Lipinski definition) is 5. The Balaban J connectivity index is 1.85. The zero-order valence-electron chi connectivity index (χ0n) is 23.5. The van der Waals surface area contributed by atoms with Gasteiger partial charge in [-0.2, -0.15) is 0 Å². The van der Waals surface area contributed by atoms with Crippen molar-refractivity contribution in [3.8, 4) is 5.75 Å². The van der Waals surface area contributed by atoms with E-state index in [1.807, 2.05) is 75.4 Å². The molecule has 2 aromatic rings. The van der Waals surface area contributed by atoms with Crippen LogP contribution in [0.5, 0.6) is 5.75 Å². The molecular formula is C31H44N4O4. The van der Waals surface area contributed by atoms with Crippen LogP contribution in [0, 0.1) is 5.92 Å². The topological polar surface area (TPSA) is 109 Å². The van der Waals surface area contributed by atoms with E-state index in [9.17, 15) is 14.4 Å². The molecular weight excluding hydrogens is 492 g/mol. The third-order valence-corrected chi connectivity index (χ3v) is 6.79. The molecule has 8 heteroatoms. The summed E-state index contributed by atoms with van der Waals surface area (Å²) in [7, 11) is 0. The maximum absolute atomic E-state index is 13.5. The fourth-order valence-corrected chi connectivity index (χ4v) is 4.78. The Hall–Kier alpha value is -3.39. The van der Waals surface area contributed by atoms with Gasteiger partial charge in [0.2, 0.25) is 17.7 Å². The number of ether oxygens (including phenoxy) is 1. The van der Waals surface area contributed by atoms with Crippen LogP contribution in [0.2, 0.25) is 0 Å². The average Bonchev–Trinajstić information content (AvgIpc) is 2.92. The first-order valence-electron chi connectivity index (χ1n) is 14.2. The van der Waals surface area contributed by atoms with Gasteiger partial charge >= 0.3 is 0 Å². The van der Waals surface area contributed by atoms with E-state index in [-0.39, 0.29) is 23.6 Å². The highest BCUT2D eigenvalue weighted by molar-refractivity contribution is 5.93. The van der Waals surface area contributed by atoms with Crippen molar-refractivity contribution in [2.24, 2.45) is 5.92 Å². The fraction of sp³-hybridized carbons (Fsp3) is 0.516. The molecule has 2 aromatic carbocycles. The van der Waals surface area contributed by atoms with Crippen LogP contribution in [0.3, 0.4) is 0 Å². The lowest BCUT2D eigenvalue weighted by Gasteiger charge is -2.26. The largest absolute Gasteiger partial charge is 0.492 e. The van der Waals surface area contributed by atoms with Gasteiger partial charge in [0.1, 0.15) is 24.4 Å². The molecule has 0 bridgehead atoms. The summed E-state index contributed by atoms with van der Waals surface area (Å²) in [5.74, 6) is 0.184. The molecule has 1 aliphatic heterocycles. The normalized spacial score (nSPS) is 21.9. The zero-order chi connectivity index (χ0) is 28.0. The molecule has 1 aliphatic rings. The molecule has 0 fully saturated rings. The van der Waals surface area contributed by atoms with Crippen LogP contribution in [0.15, 0.2) is 54.6 Å². The lowest BCUT2D eigenvalue weighted by Crippen LogP contribution is -2.57. The zero-order valence-corrected chi connectivity index (χ0v) is 23.5. The third-order valence-electron chi connectivity index (χ3n) is 6.79. The second kappa shape index (κ2) is 15.9. The van der Waals surface area contributed by atoms with Crippen LogP contribution in [0.4, 0.5) is 0 Å². The summed E-state index contributed by atoms with van der Waals surface area (Å²) < 4.78 is 6.04. The van der Waals surface area contributed by atoms with E-state index < -0.39 is 18.1 Å². The van der Waals surface area contributed by atoms with Crippen molar-refractivity contribution in [3.63, 3.8) is 0 Å². The number of aryl methyl sites for hydroxylation is 1. The maximum Gasteiger partial charge on any atom is 0.243 e. The van der Waals surface area contributed by atoms with E-state index in [4.69, 9.17) is 4.74 Å². The van der Waals surface area contributed by atoms with Gasteiger partial charge in [0.15, 0.2) is 0 Å². The van der Waals surface area contributed by atoms with E-state index in [0.29, 0.717) is 39.0 Å². The van der Waals surface area contributed by atoms with E-state index in [0.717, 1.165) is 36.1 Å². The van der Waals surface area contributed by atoms with Crippen LogP contribution in [-0.2, 0) is 27.2 Å². The number of rotatable bonds is 6. The van der Waals surface area contributed by atoms with Crippen LogP contribution in [-0.4, -0.2) is 55.5 Å². The summed E-state index contributed by atoms with van der Waals surface area (Å²) in [6, 6.07) is 15.6. The first kappa shape index (κ1) is 30.2. The second-order valence-corrected chi connectivity index (χ2v) is 10.6. The van der Waals surface area contributed by atoms with Crippen molar-refractivity contribution in [1.29, 1.82) is 0 Å². The molecule has 212 valence electrons. The first-order valence-corrected chi connectivity index (χ1v) is 14.2. The van der Waals surface area contributed by atoms with Crippen molar-refractivity contribution in [2.75, 3.05) is 19.7 Å². The lowest BCUT2D eigenvalue weighted by molar-refractivity contribution is -0.133. The van der Waals surface area contributed by atoms with Crippen molar-refractivity contribution in [3.05, 3.63) is 65.7 Å². The van der Waals surface area contributed by atoms with E-state index in [1.165, 1.54) is 0 Å². The Bertz CT molecular complexity index is 1060. The maximum atomic E-state index is 13.5. The summed E-state index contributed by atoms with van der Waals surface area (Å²) in [5.41, 5.74) is 2.02. The molecule has 3 rings (SSSR count). The molecule has 3 amide bonds. The molecule has 8 nitrogen and oxygen atoms in total. The van der Waals surface area contributed by atoms with Crippen molar-refractivity contribution in [1.82, 2.24) is 21.3 Å². The van der Waals surface area contributed by atoms with Crippen LogP contribution in [0.25, 0.3) is 0 Å². The second-order valence-electron chi connectivity index (χ2n) is 10.6. The van der Waals surface area contributed by atoms with Gasteiger partial charge in [-0.15, -0.1) is 0 Å². The minimum Gasteiger partial charge on any atom is -0.492 e. The Morgan fingerprint density at radius 3 is 2.28 bits per heavy atom. The van der Waals surface area contributed by atoms with Crippen LogP contribution >= 0.6 is 0 Å². The first-order chi connectivity index (χ1) is 18.9. The fourth-order valence-electron chi connectivity index (χ4n) is 4.78. The Labute approximate surface area is 232 Å². The number of amides is 3. The highest BCUT2D eigenvalue weighted by atomic mass is 16.5. The molecule has 0 radical (unpaired) electrons. The number of carbonyl (C=O) groups is 3. The van der Waals surface area contributed by atoms with Gasteiger partial charge in [-0.3, -0.25) is 14.4 Å². The number of hydrogen-bond donors (Lipinski definition) is 4. The Morgan fingerprint density at radius 2 is 1.54 bits per heavy atom. The summed E-state index contributed by atoms with van der Waals surface area (Å²) in [6.07, 6.45) is 3.76. The number of benzene rings is 2. The van der Waals surface area contributed by atoms with Gasteiger partial charge in [-0.1, -0.05) is 75.7 Å². The highest BCUT2D eigenvalue weighted by Crippen LogP contribution is 2.19. The Morgan fingerprint density at radius 1 is 0.846 bits per heavy atom. The van der Waals surface area contributed by atoms with Crippen LogP contribution in [0.1, 0.15) is 57.6 Å². The molecule has 1 heterocycles. The number of para-hydroxylation sites is 1. The van der Waals surface area contributed by atoms with Gasteiger partial charge in [-0.05, 0) is 48.8 Å². The highest BCUT2D eigenvalue weighted by Gasteiger charge is 2.29. The molecule has 0 aliphatic carbocycles. The summed E-state index contributed by atoms with van der Waals surface area (Å²) in [5, 5.41) is 12.2. The predicted octanol–water partition coefficient (Wildman–Crippen LogP) is 3.14. The quantitative estimate of drug-likeness (QED) is 0.454. The van der Waals surface area contributed by atoms with E-state index in [2.05, 4.69) is 21.3 Å². The van der Waals surface area contributed by atoms with Gasteiger partial charge in [0.05, 0.1) is 6.04 Å². The smallest absolute Gasteiger partial charge is 0.243 e. The van der Waals surface area contributed by atoms with Crippen LogP contribution < -0.4 is 26.0 Å². The molecule has 0 unspecified atom stereocenters. The van der Waals surface area contributed by atoms with Crippen molar-refractivity contribution >= 4 is 17.7 Å². The predicted molar refractivity (Wildman–Crippen MR) is 153 cm³/mol. The summed E-state index contributed by atoms with van der Waals surface area (Å²) >= 11 is 0. The molecule has 0 saturated heterocycles. The van der Waals surface area contributed by atoms with Gasteiger partial charge in [-0.25, -0.2) is 0 Å². The third kappa shape index (κ3) is 10.0. The number of nitrogens with one attached hydrogen (secondary N) is 4. The lowest BCUT2D eigenvalue weighted by atomic mass is 10.00. The molecule has 3 atom stereocenters. The van der Waals surface area contributed by atoms with E-state index in [1.54, 1.807) is 0 Å². The van der Waals surface area contributed by atoms with E-state index >= 15 is 0 Å². The standard InChI is InChI=1S/C31H44N4O4/c1-4-11-25-30(37)34-26(20-22(2)3)31(38)35-27(21-23-12-6-5-7-13-23)29(36)33-17-10-15-24-14-8-9-16-28(24)39-19-18-32-25/h5-9,12-14,16,22,25-27,32H,4,10-11,15,17-21H2,1-3H3,(H,33,36)(H,34,37)(H,35,38)/t25-,26+,27+/m0/s1. The van der Waals surface area contributed by atoms with Crippen molar-refractivity contribution in [2.45, 2.75) is 77.4 Å². The summed E-state index contributed by atoms with van der Waals surface area (Å²) in [4.78, 5) is 40.1. The minimum absolute atomic E-state index is 0.173. The molecule has 0 aromatic heterocycles. The molecule has 0 spiro atoms.